The van der Waals surface area contributed by atoms with Gasteiger partial charge in [-0.1, -0.05) is 48.5 Å². The fraction of sp³-hybridized carbons (Fsp3) is 0.357. The summed E-state index contributed by atoms with van der Waals surface area (Å²) in [6.07, 6.45) is -0.546. The molecule has 174 valence electrons. The molecular formula is C28H33NO4. The third-order valence-electron chi connectivity index (χ3n) is 6.29. The number of aliphatic hydroxyl groups is 1. The first kappa shape index (κ1) is 23.1. The summed E-state index contributed by atoms with van der Waals surface area (Å²) in [6, 6.07) is 24.9. The highest BCUT2D eigenvalue weighted by atomic mass is 16.5. The van der Waals surface area contributed by atoms with Gasteiger partial charge in [0.1, 0.15) is 35.6 Å². The van der Waals surface area contributed by atoms with Crippen molar-refractivity contribution in [3.05, 3.63) is 89.5 Å². The average Bonchev–Trinajstić information content (AvgIpc) is 2.82. The molecular weight excluding hydrogens is 414 g/mol. The fourth-order valence-electron chi connectivity index (χ4n) is 4.80. The highest BCUT2D eigenvalue weighted by Gasteiger charge is 2.45. The van der Waals surface area contributed by atoms with E-state index in [-0.39, 0.29) is 18.4 Å². The number of nitrogens with one attached hydrogen (secondary N) is 1. The number of fused-ring (bicyclic) bond motifs is 1. The average molecular weight is 448 g/mol. The number of methoxy groups -OCH3 is 1. The van der Waals surface area contributed by atoms with E-state index in [1.54, 1.807) is 7.11 Å². The summed E-state index contributed by atoms with van der Waals surface area (Å²) in [7, 11) is 3.48. The van der Waals surface area contributed by atoms with Gasteiger partial charge in [-0.15, -0.1) is 0 Å². The molecule has 3 atom stereocenters. The zero-order chi connectivity index (χ0) is 23.4. The summed E-state index contributed by atoms with van der Waals surface area (Å²) in [5, 5.41) is 12.9. The minimum absolute atomic E-state index is 0.0981. The van der Waals surface area contributed by atoms with Crippen molar-refractivity contribution < 1.29 is 19.3 Å². The van der Waals surface area contributed by atoms with Crippen LogP contribution in [0.4, 0.5) is 0 Å². The summed E-state index contributed by atoms with van der Waals surface area (Å²) in [5.41, 5.74) is 3.14. The first-order valence-corrected chi connectivity index (χ1v) is 11.4. The Bertz CT molecular complexity index is 1050. The molecule has 1 aliphatic rings. The van der Waals surface area contributed by atoms with E-state index >= 15 is 0 Å². The molecule has 1 heterocycles. The van der Waals surface area contributed by atoms with Gasteiger partial charge in [-0.2, -0.15) is 0 Å². The van der Waals surface area contributed by atoms with E-state index in [4.69, 9.17) is 14.2 Å². The second-order valence-electron chi connectivity index (χ2n) is 9.07. The molecule has 2 N–H and O–H groups in total. The van der Waals surface area contributed by atoms with Crippen LogP contribution in [-0.4, -0.2) is 44.1 Å². The maximum atomic E-state index is 9.93. The van der Waals surface area contributed by atoms with Crippen LogP contribution in [0.5, 0.6) is 17.2 Å². The number of hydrogen-bond acceptors (Lipinski definition) is 5. The van der Waals surface area contributed by atoms with Gasteiger partial charge < -0.3 is 24.6 Å². The second-order valence-corrected chi connectivity index (χ2v) is 9.07. The minimum atomic E-state index is -0.546. The lowest BCUT2D eigenvalue weighted by molar-refractivity contribution is 0.0528. The van der Waals surface area contributed by atoms with Crippen LogP contribution in [0.25, 0.3) is 0 Å². The topological polar surface area (TPSA) is 60.0 Å². The van der Waals surface area contributed by atoms with E-state index in [0.717, 1.165) is 22.8 Å². The number of rotatable bonds is 8. The predicted octanol–water partition coefficient (Wildman–Crippen LogP) is 4.74. The van der Waals surface area contributed by atoms with Gasteiger partial charge in [0.05, 0.1) is 7.11 Å². The molecule has 5 heteroatoms. The third-order valence-corrected chi connectivity index (χ3v) is 6.29. The van der Waals surface area contributed by atoms with Crippen molar-refractivity contribution in [2.24, 2.45) is 0 Å². The smallest absolute Gasteiger partial charge is 0.127 e. The molecule has 33 heavy (non-hydrogen) atoms. The van der Waals surface area contributed by atoms with Crippen LogP contribution < -0.4 is 19.5 Å². The molecule has 1 aliphatic heterocycles. The van der Waals surface area contributed by atoms with Crippen LogP contribution in [0.15, 0.2) is 72.8 Å². The van der Waals surface area contributed by atoms with Gasteiger partial charge in [0, 0.05) is 30.0 Å². The number of aliphatic hydroxyl groups excluding tert-OH is 1. The number of benzene rings is 3. The van der Waals surface area contributed by atoms with Gasteiger partial charge in [-0.3, -0.25) is 0 Å². The first-order chi connectivity index (χ1) is 15.9. The molecule has 0 saturated heterocycles. The normalized spacial score (nSPS) is 19.8. The minimum Gasteiger partial charge on any atom is -0.497 e. The van der Waals surface area contributed by atoms with Crippen molar-refractivity contribution in [3.63, 3.8) is 0 Å². The van der Waals surface area contributed by atoms with E-state index in [1.165, 1.54) is 11.1 Å². The van der Waals surface area contributed by atoms with Crippen LogP contribution in [0, 0.1) is 0 Å². The van der Waals surface area contributed by atoms with Crippen molar-refractivity contribution >= 4 is 0 Å². The maximum Gasteiger partial charge on any atom is 0.127 e. The van der Waals surface area contributed by atoms with Gasteiger partial charge in [0.25, 0.3) is 0 Å². The standard InChI is InChI=1S/C28H33NO4/c1-28(2)27(20-8-6-5-7-9-20)26(24-15-14-23(31-4)16-25(24)33-28)19-10-12-22(13-11-19)32-18-21(30)17-29-3/h5-16,21,26-27,29-30H,17-18H2,1-4H3/t21?,26-,27+/m1/s1. The molecule has 0 aliphatic carbocycles. The van der Waals surface area contributed by atoms with Crippen molar-refractivity contribution in [1.82, 2.24) is 5.32 Å². The third kappa shape index (κ3) is 5.00. The van der Waals surface area contributed by atoms with Crippen LogP contribution in [0.1, 0.15) is 42.4 Å². The Morgan fingerprint density at radius 2 is 1.67 bits per heavy atom. The maximum absolute atomic E-state index is 9.93. The second kappa shape index (κ2) is 9.86. The Labute approximate surface area is 196 Å². The lowest BCUT2D eigenvalue weighted by Crippen LogP contribution is -2.43. The van der Waals surface area contributed by atoms with Crippen LogP contribution in [0.2, 0.25) is 0 Å². The Balaban J connectivity index is 1.72. The van der Waals surface area contributed by atoms with E-state index in [2.05, 4.69) is 61.6 Å². The SMILES string of the molecule is CNCC(O)COc1ccc([C@@H]2c3ccc(OC)cc3OC(C)(C)[C@H]2c2ccccc2)cc1. The van der Waals surface area contributed by atoms with Gasteiger partial charge in [0.2, 0.25) is 0 Å². The highest BCUT2D eigenvalue weighted by molar-refractivity contribution is 5.52. The van der Waals surface area contributed by atoms with Gasteiger partial charge in [0.15, 0.2) is 0 Å². The molecule has 3 aromatic carbocycles. The van der Waals surface area contributed by atoms with E-state index in [1.807, 2.05) is 37.4 Å². The molecule has 4 rings (SSSR count). The Morgan fingerprint density at radius 3 is 2.33 bits per heavy atom. The monoisotopic (exact) mass is 447 g/mol. The molecule has 0 aromatic heterocycles. The molecule has 0 bridgehead atoms. The number of ether oxygens (including phenoxy) is 3. The zero-order valence-corrected chi connectivity index (χ0v) is 19.7. The highest BCUT2D eigenvalue weighted by Crippen LogP contribution is 2.53. The Morgan fingerprint density at radius 1 is 0.970 bits per heavy atom. The molecule has 0 radical (unpaired) electrons. The lowest BCUT2D eigenvalue weighted by Gasteiger charge is -2.45. The van der Waals surface area contributed by atoms with Crippen LogP contribution >= 0.6 is 0 Å². The van der Waals surface area contributed by atoms with Crippen molar-refractivity contribution in [3.8, 4) is 17.2 Å². The first-order valence-electron chi connectivity index (χ1n) is 11.4. The molecule has 0 amide bonds. The van der Waals surface area contributed by atoms with Crippen LogP contribution in [0.3, 0.4) is 0 Å². The zero-order valence-electron chi connectivity index (χ0n) is 19.7. The quantitative estimate of drug-likeness (QED) is 0.522. The van der Waals surface area contributed by atoms with E-state index in [9.17, 15) is 5.11 Å². The Hall–Kier alpha value is -3.02. The van der Waals surface area contributed by atoms with Gasteiger partial charge in [-0.05, 0) is 50.2 Å². The molecule has 0 spiro atoms. The number of hydrogen-bond donors (Lipinski definition) is 2. The van der Waals surface area contributed by atoms with Gasteiger partial charge >= 0.3 is 0 Å². The summed E-state index contributed by atoms with van der Waals surface area (Å²) in [4.78, 5) is 0. The molecule has 5 nitrogen and oxygen atoms in total. The molecule has 1 unspecified atom stereocenters. The summed E-state index contributed by atoms with van der Waals surface area (Å²) >= 11 is 0. The fourth-order valence-corrected chi connectivity index (χ4v) is 4.80. The Kier molecular flexibility index (Phi) is 6.91. The van der Waals surface area contributed by atoms with Crippen LogP contribution in [-0.2, 0) is 0 Å². The van der Waals surface area contributed by atoms with E-state index < -0.39 is 11.7 Å². The number of likely N-dealkylation sites (N-methyl/N-ethyl adjacent to an activating group) is 1. The van der Waals surface area contributed by atoms with E-state index in [0.29, 0.717) is 6.54 Å². The van der Waals surface area contributed by atoms with Gasteiger partial charge in [-0.25, -0.2) is 0 Å². The largest absolute Gasteiger partial charge is 0.497 e. The summed E-state index contributed by atoms with van der Waals surface area (Å²) in [6.45, 7) is 5.05. The van der Waals surface area contributed by atoms with Crippen molar-refractivity contribution in [1.29, 1.82) is 0 Å². The summed E-state index contributed by atoms with van der Waals surface area (Å²) in [5.74, 6) is 2.59. The molecule has 3 aromatic rings. The molecule has 0 saturated carbocycles. The lowest BCUT2D eigenvalue weighted by atomic mass is 9.68. The van der Waals surface area contributed by atoms with Crippen molar-refractivity contribution in [2.75, 3.05) is 27.3 Å². The molecule has 0 fully saturated rings. The summed E-state index contributed by atoms with van der Waals surface area (Å²) < 4.78 is 17.8. The van der Waals surface area contributed by atoms with Crippen molar-refractivity contribution in [2.45, 2.75) is 37.4 Å². The predicted molar refractivity (Wildman–Crippen MR) is 131 cm³/mol.